The Bertz CT molecular complexity index is 1140. The van der Waals surface area contributed by atoms with E-state index in [0.29, 0.717) is 11.0 Å². The second-order valence-corrected chi connectivity index (χ2v) is 11.0. The van der Waals surface area contributed by atoms with Crippen LogP contribution in [0.1, 0.15) is 32.1 Å². The van der Waals surface area contributed by atoms with Crippen molar-refractivity contribution in [3.63, 3.8) is 0 Å². The summed E-state index contributed by atoms with van der Waals surface area (Å²) in [5.41, 5.74) is 5.92. The van der Waals surface area contributed by atoms with Crippen LogP contribution >= 0.6 is 11.8 Å². The first-order valence-electron chi connectivity index (χ1n) is 10.0. The van der Waals surface area contributed by atoms with Crippen LogP contribution in [0.4, 0.5) is 0 Å². The van der Waals surface area contributed by atoms with Crippen LogP contribution in [-0.2, 0) is 6.42 Å². The van der Waals surface area contributed by atoms with Crippen LogP contribution in [0.2, 0.25) is 0 Å². The van der Waals surface area contributed by atoms with Crippen LogP contribution < -0.4 is 0 Å². The van der Waals surface area contributed by atoms with Crippen molar-refractivity contribution in [1.82, 2.24) is 4.98 Å². The number of hydrogen-bond acceptors (Lipinski definition) is 3. The molecule has 0 aliphatic carbocycles. The number of benzene rings is 3. The molecule has 1 atom stereocenters. The van der Waals surface area contributed by atoms with Gasteiger partial charge in [0.15, 0.2) is 0 Å². The maximum absolute atomic E-state index is 9.91. The normalized spacial score (nSPS) is 12.1. The molecule has 1 aromatic heterocycles. The SMILES string of the molecule is Cc1ccc(-c2nc(C)c(C(Cc3ccccc3)Sc3ccc(O)c(C)c3)[se]2)cc1. The third-order valence-corrected chi connectivity index (χ3v) is 9.45. The zero-order valence-corrected chi connectivity index (χ0v) is 20.0. The summed E-state index contributed by atoms with van der Waals surface area (Å²) in [5, 5.41) is 10.2. The maximum atomic E-state index is 9.91. The van der Waals surface area contributed by atoms with Crippen LogP contribution in [0.3, 0.4) is 0 Å². The predicted molar refractivity (Wildman–Crippen MR) is 128 cm³/mol. The Morgan fingerprint density at radius 3 is 2.37 bits per heavy atom. The molecule has 1 heterocycles. The summed E-state index contributed by atoms with van der Waals surface area (Å²) in [5.74, 6) is 0.351. The van der Waals surface area contributed by atoms with E-state index in [4.69, 9.17) is 4.98 Å². The number of rotatable bonds is 6. The van der Waals surface area contributed by atoms with Crippen molar-refractivity contribution < 1.29 is 5.11 Å². The molecule has 1 unspecified atom stereocenters. The molecule has 3 aromatic carbocycles. The summed E-state index contributed by atoms with van der Waals surface area (Å²) in [7, 11) is 0. The van der Waals surface area contributed by atoms with Crippen LogP contribution in [-0.4, -0.2) is 24.6 Å². The van der Waals surface area contributed by atoms with Gasteiger partial charge in [-0.25, -0.2) is 0 Å². The summed E-state index contributed by atoms with van der Waals surface area (Å²) < 4.78 is 2.67. The van der Waals surface area contributed by atoms with Gasteiger partial charge in [-0.1, -0.05) is 0 Å². The molecule has 2 nitrogen and oxygen atoms in total. The third-order valence-electron chi connectivity index (χ3n) is 5.13. The van der Waals surface area contributed by atoms with Crippen molar-refractivity contribution in [3.8, 4) is 15.9 Å². The topological polar surface area (TPSA) is 33.1 Å². The molecule has 0 radical (unpaired) electrons. The van der Waals surface area contributed by atoms with Gasteiger partial charge in [-0.05, 0) is 0 Å². The molecule has 0 fully saturated rings. The number of phenolic OH excluding ortho intramolecular Hbond substituents is 1. The van der Waals surface area contributed by atoms with Crippen molar-refractivity contribution in [1.29, 1.82) is 0 Å². The van der Waals surface area contributed by atoms with Crippen LogP contribution in [0.15, 0.2) is 77.7 Å². The van der Waals surface area contributed by atoms with Crippen molar-refractivity contribution in [2.45, 2.75) is 37.3 Å². The van der Waals surface area contributed by atoms with Crippen molar-refractivity contribution in [2.75, 3.05) is 0 Å². The molecule has 4 heteroatoms. The van der Waals surface area contributed by atoms with Gasteiger partial charge in [0.1, 0.15) is 0 Å². The van der Waals surface area contributed by atoms with Gasteiger partial charge in [-0.3, -0.25) is 0 Å². The summed E-state index contributed by atoms with van der Waals surface area (Å²) in [4.78, 5) is 6.16. The third kappa shape index (κ3) is 4.89. The predicted octanol–water partition coefficient (Wildman–Crippen LogP) is 6.51. The van der Waals surface area contributed by atoms with Gasteiger partial charge in [0.25, 0.3) is 0 Å². The first kappa shape index (κ1) is 21.0. The van der Waals surface area contributed by atoms with Crippen LogP contribution in [0, 0.1) is 20.8 Å². The summed E-state index contributed by atoms with van der Waals surface area (Å²) in [6, 6.07) is 25.3. The molecule has 0 amide bonds. The number of aryl methyl sites for hydroxylation is 3. The number of nitrogens with zero attached hydrogens (tertiary/aromatic N) is 1. The Labute approximate surface area is 188 Å². The van der Waals surface area contributed by atoms with Gasteiger partial charge in [-0.2, -0.15) is 0 Å². The zero-order valence-electron chi connectivity index (χ0n) is 17.4. The second-order valence-electron chi connectivity index (χ2n) is 7.58. The van der Waals surface area contributed by atoms with Crippen molar-refractivity contribution in [2.24, 2.45) is 0 Å². The summed E-state index contributed by atoms with van der Waals surface area (Å²) in [6.07, 6.45) is 0.969. The summed E-state index contributed by atoms with van der Waals surface area (Å²) >= 11 is 2.09. The Morgan fingerprint density at radius 1 is 0.933 bits per heavy atom. The van der Waals surface area contributed by atoms with Gasteiger partial charge in [0, 0.05) is 0 Å². The molecular weight excluding hydrogens is 453 g/mol. The second kappa shape index (κ2) is 9.26. The standard InChI is InChI=1S/C26H25NOSSe/c1-17-9-11-21(12-10-17)26-27-19(3)25(30-26)24(16-20-7-5-4-6-8-20)29-22-13-14-23(28)18(2)15-22/h4-15,24,28H,16H2,1-3H3. The van der Waals surface area contributed by atoms with Gasteiger partial charge < -0.3 is 0 Å². The number of hydrogen-bond donors (Lipinski definition) is 1. The molecule has 0 aliphatic rings. The molecule has 30 heavy (non-hydrogen) atoms. The monoisotopic (exact) mass is 479 g/mol. The Morgan fingerprint density at radius 2 is 1.67 bits per heavy atom. The van der Waals surface area contributed by atoms with Gasteiger partial charge >= 0.3 is 189 Å². The summed E-state index contributed by atoms with van der Waals surface area (Å²) in [6.45, 7) is 6.22. The molecule has 0 spiro atoms. The number of aromatic nitrogens is 1. The van der Waals surface area contributed by atoms with E-state index in [-0.39, 0.29) is 14.5 Å². The van der Waals surface area contributed by atoms with E-state index in [9.17, 15) is 5.11 Å². The Balaban J connectivity index is 1.69. The van der Waals surface area contributed by atoms with Gasteiger partial charge in [0.05, 0.1) is 0 Å². The van der Waals surface area contributed by atoms with E-state index >= 15 is 0 Å². The minimum atomic E-state index is 0.206. The fourth-order valence-electron chi connectivity index (χ4n) is 3.41. The van der Waals surface area contributed by atoms with E-state index in [1.165, 1.54) is 30.6 Å². The Kier molecular flexibility index (Phi) is 6.48. The first-order valence-corrected chi connectivity index (χ1v) is 12.6. The van der Waals surface area contributed by atoms with Gasteiger partial charge in [-0.15, -0.1) is 0 Å². The van der Waals surface area contributed by atoms with Crippen molar-refractivity contribution >= 4 is 26.3 Å². The number of phenols is 1. The minimum absolute atomic E-state index is 0.206. The van der Waals surface area contributed by atoms with E-state index in [1.807, 2.05) is 24.8 Å². The zero-order chi connectivity index (χ0) is 21.1. The molecule has 0 bridgehead atoms. The average molecular weight is 479 g/mol. The van der Waals surface area contributed by atoms with E-state index in [1.54, 1.807) is 6.07 Å². The van der Waals surface area contributed by atoms with E-state index < -0.39 is 0 Å². The van der Waals surface area contributed by atoms with Crippen LogP contribution in [0.5, 0.6) is 5.75 Å². The average Bonchev–Trinajstić information content (AvgIpc) is 3.13. The fourth-order valence-corrected chi connectivity index (χ4v) is 7.44. The molecule has 1 N–H and O–H groups in total. The molecule has 0 aliphatic heterocycles. The van der Waals surface area contributed by atoms with E-state index in [0.717, 1.165) is 17.7 Å². The number of aromatic hydroxyl groups is 1. The number of thioether (sulfide) groups is 1. The van der Waals surface area contributed by atoms with E-state index in [2.05, 4.69) is 74.5 Å². The molecule has 0 saturated heterocycles. The quantitative estimate of drug-likeness (QED) is 0.253. The molecule has 152 valence electrons. The molecule has 4 rings (SSSR count). The molecule has 4 aromatic rings. The molecule has 0 saturated carbocycles. The van der Waals surface area contributed by atoms with Gasteiger partial charge in [0.2, 0.25) is 0 Å². The first-order chi connectivity index (χ1) is 14.5. The van der Waals surface area contributed by atoms with Crippen LogP contribution in [0.25, 0.3) is 10.1 Å². The van der Waals surface area contributed by atoms with Crippen molar-refractivity contribution in [3.05, 3.63) is 99.6 Å². The molecular formula is C26H25NOSSe. The Hall–Kier alpha value is -2.26. The fraction of sp³-hybridized carbons (Fsp3) is 0.192.